The predicted octanol–water partition coefficient (Wildman–Crippen LogP) is 2.38. The van der Waals surface area contributed by atoms with Crippen LogP contribution in [0.2, 0.25) is 5.02 Å². The topological polar surface area (TPSA) is 84.0 Å². The van der Waals surface area contributed by atoms with Gasteiger partial charge in [0, 0.05) is 23.8 Å². The highest BCUT2D eigenvalue weighted by Crippen LogP contribution is 2.16. The third kappa shape index (κ3) is 4.82. The zero-order valence-electron chi connectivity index (χ0n) is 13.1. The molecule has 1 aliphatic rings. The molecule has 1 fully saturated rings. The summed E-state index contributed by atoms with van der Waals surface area (Å²) in [5.41, 5.74) is 1.15. The maximum Gasteiger partial charge on any atom is 0.224 e. The maximum atomic E-state index is 11.5. The largest absolute Gasteiger partial charge is 0.370 e. The first-order chi connectivity index (χ1) is 11.5. The summed E-state index contributed by atoms with van der Waals surface area (Å²) in [6.07, 6.45) is 3.08. The summed E-state index contributed by atoms with van der Waals surface area (Å²) in [5.74, 6) is 1.52. The van der Waals surface area contributed by atoms with Crippen molar-refractivity contribution in [2.75, 3.05) is 28.7 Å². The normalized spacial score (nSPS) is 19.1. The van der Waals surface area contributed by atoms with Gasteiger partial charge in [-0.25, -0.2) is 13.4 Å². The lowest BCUT2D eigenvalue weighted by molar-refractivity contribution is 0.602. The number of benzene rings is 1. The molecule has 1 atom stereocenters. The smallest absolute Gasteiger partial charge is 0.224 e. The van der Waals surface area contributed by atoms with Gasteiger partial charge in [0.25, 0.3) is 0 Å². The van der Waals surface area contributed by atoms with Crippen molar-refractivity contribution in [1.82, 2.24) is 9.97 Å². The third-order valence-corrected chi connectivity index (χ3v) is 5.83. The van der Waals surface area contributed by atoms with Gasteiger partial charge in [-0.05, 0) is 36.6 Å². The first kappa shape index (κ1) is 17.0. The number of nitrogens with one attached hydrogen (secondary N) is 2. The molecule has 0 aliphatic carbocycles. The van der Waals surface area contributed by atoms with E-state index in [9.17, 15) is 8.42 Å². The van der Waals surface area contributed by atoms with Crippen molar-refractivity contribution in [3.05, 3.63) is 47.1 Å². The summed E-state index contributed by atoms with van der Waals surface area (Å²) in [6, 6.07) is 9.42. The second-order valence-electron chi connectivity index (χ2n) is 5.82. The van der Waals surface area contributed by atoms with E-state index in [0.717, 1.165) is 17.0 Å². The number of anilines is 2. The zero-order chi connectivity index (χ0) is 17.0. The molecule has 2 heterocycles. The van der Waals surface area contributed by atoms with Crippen molar-refractivity contribution in [2.24, 2.45) is 0 Å². The van der Waals surface area contributed by atoms with Crippen molar-refractivity contribution in [2.45, 2.75) is 18.9 Å². The molecular weight excluding hydrogens is 348 g/mol. The van der Waals surface area contributed by atoms with Gasteiger partial charge >= 0.3 is 0 Å². The highest BCUT2D eigenvalue weighted by molar-refractivity contribution is 7.91. The summed E-state index contributed by atoms with van der Waals surface area (Å²) in [5, 5.41) is 7.06. The van der Waals surface area contributed by atoms with Crippen LogP contribution in [0.4, 0.5) is 11.8 Å². The van der Waals surface area contributed by atoms with E-state index in [4.69, 9.17) is 11.6 Å². The summed E-state index contributed by atoms with van der Waals surface area (Å²) in [6.45, 7) is 0.717. The molecule has 3 rings (SSSR count). The van der Waals surface area contributed by atoms with Crippen molar-refractivity contribution in [3.8, 4) is 0 Å². The molecule has 0 spiro atoms. The van der Waals surface area contributed by atoms with Gasteiger partial charge in [-0.3, -0.25) is 0 Å². The van der Waals surface area contributed by atoms with Crippen LogP contribution in [-0.2, 0) is 16.3 Å². The minimum absolute atomic E-state index is 0.114. The van der Waals surface area contributed by atoms with Crippen LogP contribution in [0.5, 0.6) is 0 Å². The average molecular weight is 367 g/mol. The first-order valence-electron chi connectivity index (χ1n) is 7.78. The molecule has 0 saturated carbocycles. The second kappa shape index (κ2) is 7.36. The molecule has 6 nitrogen and oxygen atoms in total. The molecule has 0 bridgehead atoms. The van der Waals surface area contributed by atoms with Crippen molar-refractivity contribution < 1.29 is 8.42 Å². The number of sulfone groups is 1. The minimum atomic E-state index is -2.92. The van der Waals surface area contributed by atoms with Crippen molar-refractivity contribution in [1.29, 1.82) is 0 Å². The molecule has 8 heteroatoms. The van der Waals surface area contributed by atoms with E-state index in [0.29, 0.717) is 24.7 Å². The number of rotatable bonds is 6. The molecular formula is C16H19ClN4O2S. The lowest BCUT2D eigenvalue weighted by atomic mass is 10.1. The quantitative estimate of drug-likeness (QED) is 0.816. The van der Waals surface area contributed by atoms with Gasteiger partial charge in [-0.2, -0.15) is 4.98 Å². The Morgan fingerprint density at radius 1 is 1.29 bits per heavy atom. The molecule has 24 heavy (non-hydrogen) atoms. The number of hydrogen-bond donors (Lipinski definition) is 2. The van der Waals surface area contributed by atoms with E-state index >= 15 is 0 Å². The first-order valence-corrected chi connectivity index (χ1v) is 9.98. The molecule has 1 aromatic heterocycles. The van der Waals surface area contributed by atoms with Crippen LogP contribution in [0, 0.1) is 0 Å². The molecule has 2 N–H and O–H groups in total. The van der Waals surface area contributed by atoms with Crippen LogP contribution in [0.1, 0.15) is 12.0 Å². The van der Waals surface area contributed by atoms with E-state index in [2.05, 4.69) is 20.6 Å². The fraction of sp³-hybridized carbons (Fsp3) is 0.375. The summed E-state index contributed by atoms with van der Waals surface area (Å²) < 4.78 is 23.0. The lowest BCUT2D eigenvalue weighted by Gasteiger charge is -2.12. The standard InChI is InChI=1S/C16H19ClN4O2S/c17-13-3-1-2-12(10-13)4-7-18-15-5-8-19-16(21-15)20-14-6-9-24(22,23)11-14/h1-3,5,8,10,14H,4,6-7,9,11H2,(H2,18,19,20,21). The van der Waals surface area contributed by atoms with Crippen LogP contribution in [-0.4, -0.2) is 42.5 Å². The van der Waals surface area contributed by atoms with E-state index in [1.54, 1.807) is 12.3 Å². The molecule has 1 aliphatic heterocycles. The fourth-order valence-electron chi connectivity index (χ4n) is 2.65. The Labute approximate surface area is 146 Å². The van der Waals surface area contributed by atoms with Gasteiger partial charge in [0.05, 0.1) is 11.5 Å². The van der Waals surface area contributed by atoms with Crippen LogP contribution in [0.25, 0.3) is 0 Å². The lowest BCUT2D eigenvalue weighted by Crippen LogP contribution is -2.22. The van der Waals surface area contributed by atoms with Crippen molar-refractivity contribution in [3.63, 3.8) is 0 Å². The Kier molecular flexibility index (Phi) is 5.20. The molecule has 1 saturated heterocycles. The van der Waals surface area contributed by atoms with E-state index in [1.165, 1.54) is 0 Å². The molecule has 0 amide bonds. The molecule has 2 aromatic rings. The SMILES string of the molecule is O=S1(=O)CCC(Nc2nccc(NCCc3cccc(Cl)c3)n2)C1. The number of hydrogen-bond acceptors (Lipinski definition) is 6. The molecule has 0 radical (unpaired) electrons. The van der Waals surface area contributed by atoms with E-state index in [-0.39, 0.29) is 17.5 Å². The van der Waals surface area contributed by atoms with E-state index in [1.807, 2.05) is 24.3 Å². The summed E-state index contributed by atoms with van der Waals surface area (Å²) in [7, 11) is -2.92. The highest BCUT2D eigenvalue weighted by atomic mass is 35.5. The number of aromatic nitrogens is 2. The van der Waals surface area contributed by atoms with Gasteiger partial charge in [0.15, 0.2) is 9.84 Å². The Morgan fingerprint density at radius 2 is 2.17 bits per heavy atom. The summed E-state index contributed by atoms with van der Waals surface area (Å²) in [4.78, 5) is 8.53. The van der Waals surface area contributed by atoms with E-state index < -0.39 is 9.84 Å². The van der Waals surface area contributed by atoms with Crippen LogP contribution in [0.3, 0.4) is 0 Å². The zero-order valence-corrected chi connectivity index (χ0v) is 14.6. The Hall–Kier alpha value is -1.86. The Bertz CT molecular complexity index is 813. The average Bonchev–Trinajstić information content (AvgIpc) is 2.86. The predicted molar refractivity (Wildman–Crippen MR) is 96.4 cm³/mol. The Balaban J connectivity index is 1.53. The van der Waals surface area contributed by atoms with Gasteiger partial charge in [-0.1, -0.05) is 23.7 Å². The minimum Gasteiger partial charge on any atom is -0.370 e. The van der Waals surface area contributed by atoms with Gasteiger partial charge < -0.3 is 10.6 Å². The Morgan fingerprint density at radius 3 is 2.92 bits per heavy atom. The van der Waals surface area contributed by atoms with Crippen LogP contribution < -0.4 is 10.6 Å². The molecule has 1 aromatic carbocycles. The molecule has 1 unspecified atom stereocenters. The number of nitrogens with zero attached hydrogens (tertiary/aromatic N) is 2. The number of halogens is 1. The van der Waals surface area contributed by atoms with Crippen molar-refractivity contribution >= 4 is 33.2 Å². The summed E-state index contributed by atoms with van der Waals surface area (Å²) >= 11 is 5.97. The van der Waals surface area contributed by atoms with Crippen LogP contribution in [0.15, 0.2) is 36.5 Å². The van der Waals surface area contributed by atoms with Gasteiger partial charge in [0.2, 0.25) is 5.95 Å². The highest BCUT2D eigenvalue weighted by Gasteiger charge is 2.28. The third-order valence-electron chi connectivity index (χ3n) is 3.83. The maximum absolute atomic E-state index is 11.5. The molecule has 128 valence electrons. The van der Waals surface area contributed by atoms with Crippen LogP contribution >= 0.6 is 11.6 Å². The fourth-order valence-corrected chi connectivity index (χ4v) is 4.53. The second-order valence-corrected chi connectivity index (χ2v) is 8.48. The van der Waals surface area contributed by atoms with Gasteiger partial charge in [-0.15, -0.1) is 0 Å². The van der Waals surface area contributed by atoms with Gasteiger partial charge in [0.1, 0.15) is 5.82 Å². The monoisotopic (exact) mass is 366 g/mol.